The minimum absolute atomic E-state index is 0.0127. The molecule has 0 radical (unpaired) electrons. The van der Waals surface area contributed by atoms with Gasteiger partial charge in [0, 0.05) is 36.3 Å². The number of benzene rings is 2. The van der Waals surface area contributed by atoms with Crippen molar-refractivity contribution < 1.29 is 41.7 Å². The first-order chi connectivity index (χ1) is 21.2. The Bertz CT molecular complexity index is 1560. The Morgan fingerprint density at radius 3 is 2.44 bits per heavy atom. The number of rotatable bonds is 7. The fourth-order valence-corrected chi connectivity index (χ4v) is 6.60. The number of aryl methyl sites for hydroxylation is 1. The Hall–Kier alpha value is -4.19. The molecular weight excluding hydrogens is 594 g/mol. The van der Waals surface area contributed by atoms with Gasteiger partial charge in [0.2, 0.25) is 5.88 Å². The van der Waals surface area contributed by atoms with E-state index >= 15 is 0 Å². The van der Waals surface area contributed by atoms with Crippen LogP contribution in [0.15, 0.2) is 60.8 Å². The van der Waals surface area contributed by atoms with Crippen LogP contribution in [0.4, 0.5) is 17.6 Å². The highest BCUT2D eigenvalue weighted by Gasteiger charge is 2.59. The zero-order chi connectivity index (χ0) is 32.7. The maximum atomic E-state index is 14.4. The lowest BCUT2D eigenvalue weighted by molar-refractivity contribution is -0.155. The van der Waals surface area contributed by atoms with Crippen molar-refractivity contribution in [3.63, 3.8) is 0 Å². The number of carboxylic acids is 1. The van der Waals surface area contributed by atoms with Crippen LogP contribution >= 0.6 is 0 Å². The number of likely N-dealkylation sites (tertiary alicyclic amines) is 1. The largest absolute Gasteiger partial charge is 0.481 e. The van der Waals surface area contributed by atoms with Gasteiger partial charge in [-0.05, 0) is 41.5 Å². The van der Waals surface area contributed by atoms with Crippen LogP contribution in [0.1, 0.15) is 55.5 Å². The molecule has 0 saturated carbocycles. The van der Waals surface area contributed by atoms with Crippen molar-refractivity contribution in [1.82, 2.24) is 15.2 Å². The number of hydrogen-bond acceptors (Lipinski definition) is 6. The molecule has 8 nitrogen and oxygen atoms in total. The van der Waals surface area contributed by atoms with E-state index in [1.807, 2.05) is 20.8 Å². The Morgan fingerprint density at radius 2 is 1.82 bits per heavy atom. The number of methoxy groups -OCH3 is 1. The topological polar surface area (TPSA) is 101 Å². The summed E-state index contributed by atoms with van der Waals surface area (Å²) in [4.78, 5) is 32.7. The van der Waals surface area contributed by atoms with Crippen LogP contribution in [0.5, 0.6) is 11.6 Å². The molecule has 1 saturated heterocycles. The molecule has 3 heterocycles. The number of carbonyl (C=O) groups excluding carboxylic acids is 1. The second kappa shape index (κ2) is 12.3. The maximum absolute atomic E-state index is 14.4. The van der Waals surface area contributed by atoms with E-state index in [0.29, 0.717) is 18.2 Å². The lowest BCUT2D eigenvalue weighted by atomic mass is 9.72. The summed E-state index contributed by atoms with van der Waals surface area (Å²) in [5.74, 6) is -2.81. The summed E-state index contributed by atoms with van der Waals surface area (Å²) in [7, 11) is 1.30. The van der Waals surface area contributed by atoms with Gasteiger partial charge >= 0.3 is 12.1 Å². The molecule has 0 bridgehead atoms. The highest BCUT2D eigenvalue weighted by molar-refractivity contribution is 5.88. The Morgan fingerprint density at radius 1 is 1.11 bits per heavy atom. The number of alkyl halides is 3. The average Bonchev–Trinajstić information content (AvgIpc) is 3.35. The maximum Gasteiger partial charge on any atom is 0.417 e. The first-order valence-electron chi connectivity index (χ1n) is 14.6. The molecule has 2 N–H and O–H groups in total. The number of fused-ring (bicyclic) bond motifs is 1. The van der Waals surface area contributed by atoms with Crippen molar-refractivity contribution in [2.75, 3.05) is 7.11 Å². The first-order valence-corrected chi connectivity index (χ1v) is 14.6. The first kappa shape index (κ1) is 32.2. The zero-order valence-electron chi connectivity index (χ0n) is 25.3. The number of hydrogen-bond donors (Lipinski definition) is 2. The molecule has 12 heteroatoms. The standard InChI is InChI=1S/C33H35F4N3O5/c1-32(2,3)25-26(38-16-20-14-21(33(35,36)37)17-39-29(20)44-4)27(19-8-6-5-7-9-19)40(28(25)31(42)43)30(41)23-13-11-18-10-12-22(34)15-24(18)45-23/h5-10,12,14-15,17,23,25-28,38H,11,13,16H2,1-4H3,(H,42,43)/t23?,25-,26-,27-,28-/m0/s1. The number of aromatic nitrogens is 1. The second-order valence-electron chi connectivity index (χ2n) is 12.5. The van der Waals surface area contributed by atoms with Crippen molar-refractivity contribution in [3.05, 3.63) is 88.9 Å². The number of nitrogens with zero attached hydrogens (tertiary/aromatic N) is 2. The number of pyridine rings is 1. The molecule has 0 aliphatic carbocycles. The molecule has 2 aliphatic heterocycles. The van der Waals surface area contributed by atoms with E-state index in [1.54, 1.807) is 36.4 Å². The molecule has 1 amide bonds. The highest BCUT2D eigenvalue weighted by Crippen LogP contribution is 2.49. The third-order valence-electron chi connectivity index (χ3n) is 8.54. The van der Waals surface area contributed by atoms with Gasteiger partial charge in [0.15, 0.2) is 6.10 Å². The average molecular weight is 630 g/mol. The SMILES string of the molecule is COc1ncc(C(F)(F)F)cc1CN[C@H]1[C@H](C(C)(C)C)[C@@H](C(=O)O)N(C(=O)C2CCc3ccc(F)cc3O2)[C@H]1c1ccccc1. The number of ether oxygens (including phenoxy) is 2. The van der Waals surface area contributed by atoms with Crippen LogP contribution in [0.3, 0.4) is 0 Å². The van der Waals surface area contributed by atoms with Gasteiger partial charge in [-0.3, -0.25) is 4.79 Å². The number of carbonyl (C=O) groups is 2. The van der Waals surface area contributed by atoms with Crippen molar-refractivity contribution >= 4 is 11.9 Å². The number of carboxylic acid groups (broad SMARTS) is 1. The summed E-state index contributed by atoms with van der Waals surface area (Å²) in [5.41, 5.74) is -0.144. The Kier molecular flexibility index (Phi) is 8.81. The van der Waals surface area contributed by atoms with Gasteiger partial charge in [-0.25, -0.2) is 14.2 Å². The van der Waals surface area contributed by atoms with E-state index in [4.69, 9.17) is 9.47 Å². The van der Waals surface area contributed by atoms with Crippen molar-refractivity contribution in [3.8, 4) is 11.6 Å². The summed E-state index contributed by atoms with van der Waals surface area (Å²) in [5, 5.41) is 14.0. The van der Waals surface area contributed by atoms with Gasteiger partial charge in [-0.15, -0.1) is 0 Å². The summed E-state index contributed by atoms with van der Waals surface area (Å²) >= 11 is 0. The third kappa shape index (κ3) is 6.47. The van der Waals surface area contributed by atoms with Gasteiger partial charge < -0.3 is 24.8 Å². The number of aliphatic carboxylic acids is 1. The molecule has 5 atom stereocenters. The van der Waals surface area contributed by atoms with E-state index in [0.717, 1.165) is 11.6 Å². The minimum Gasteiger partial charge on any atom is -0.481 e. The molecule has 1 unspecified atom stereocenters. The lowest BCUT2D eigenvalue weighted by Crippen LogP contribution is -2.51. The molecule has 45 heavy (non-hydrogen) atoms. The van der Waals surface area contributed by atoms with E-state index in [9.17, 15) is 32.3 Å². The molecule has 1 fully saturated rings. The monoisotopic (exact) mass is 629 g/mol. The normalized spacial score (nSPS) is 23.3. The van der Waals surface area contributed by atoms with Crippen molar-refractivity contribution in [2.24, 2.45) is 11.3 Å². The van der Waals surface area contributed by atoms with Gasteiger partial charge in [0.1, 0.15) is 17.6 Å². The molecule has 1 aromatic heterocycles. The van der Waals surface area contributed by atoms with Crippen LogP contribution in [-0.4, -0.2) is 52.2 Å². The van der Waals surface area contributed by atoms with E-state index in [2.05, 4.69) is 10.3 Å². The summed E-state index contributed by atoms with van der Waals surface area (Å²) < 4.78 is 66.0. The number of nitrogens with one attached hydrogen (secondary N) is 1. The van der Waals surface area contributed by atoms with Gasteiger partial charge in [-0.2, -0.15) is 13.2 Å². The fourth-order valence-electron chi connectivity index (χ4n) is 6.60. The van der Waals surface area contributed by atoms with Gasteiger partial charge in [0.05, 0.1) is 18.7 Å². The second-order valence-corrected chi connectivity index (χ2v) is 12.5. The highest BCUT2D eigenvalue weighted by atomic mass is 19.4. The Balaban J connectivity index is 1.58. The number of amides is 1. The predicted molar refractivity (Wildman–Crippen MR) is 156 cm³/mol. The van der Waals surface area contributed by atoms with Crippen molar-refractivity contribution in [1.29, 1.82) is 0 Å². The van der Waals surface area contributed by atoms with Crippen LogP contribution in [-0.2, 0) is 28.7 Å². The van der Waals surface area contributed by atoms with Crippen LogP contribution in [0.2, 0.25) is 0 Å². The summed E-state index contributed by atoms with van der Waals surface area (Å²) in [6, 6.07) is 11.1. The molecule has 5 rings (SSSR count). The summed E-state index contributed by atoms with van der Waals surface area (Å²) in [6.07, 6.45) is -4.33. The van der Waals surface area contributed by atoms with E-state index in [1.165, 1.54) is 24.1 Å². The predicted octanol–water partition coefficient (Wildman–Crippen LogP) is 5.80. The minimum atomic E-state index is -4.64. The fraction of sp³-hybridized carbons (Fsp3) is 0.424. The number of halogens is 4. The van der Waals surface area contributed by atoms with Gasteiger partial charge in [0.25, 0.3) is 5.91 Å². The zero-order valence-corrected chi connectivity index (χ0v) is 25.3. The lowest BCUT2D eigenvalue weighted by Gasteiger charge is -2.36. The van der Waals surface area contributed by atoms with Gasteiger partial charge in [-0.1, -0.05) is 57.2 Å². The molecular formula is C33H35F4N3O5. The van der Waals surface area contributed by atoms with Crippen molar-refractivity contribution in [2.45, 2.75) is 70.6 Å². The molecule has 240 valence electrons. The molecule has 0 spiro atoms. The summed E-state index contributed by atoms with van der Waals surface area (Å²) in [6.45, 7) is 5.43. The van der Waals surface area contributed by atoms with Crippen LogP contribution in [0, 0.1) is 17.2 Å². The van der Waals surface area contributed by atoms with Crippen LogP contribution in [0.25, 0.3) is 0 Å². The molecule has 3 aromatic rings. The quantitative estimate of drug-likeness (QED) is 0.319. The van der Waals surface area contributed by atoms with E-state index < -0.39 is 65.0 Å². The van der Waals surface area contributed by atoms with Crippen LogP contribution < -0.4 is 14.8 Å². The smallest absolute Gasteiger partial charge is 0.417 e. The van der Waals surface area contributed by atoms with E-state index in [-0.39, 0.29) is 30.2 Å². The molecule has 2 aliphatic rings. The molecule has 2 aromatic carbocycles. The third-order valence-corrected chi connectivity index (χ3v) is 8.54. The Labute approximate surface area is 258 Å².